The first-order valence-electron chi connectivity index (χ1n) is 9.60. The van der Waals surface area contributed by atoms with Gasteiger partial charge < -0.3 is 5.32 Å². The number of carbonyl (C=O) groups excluding carboxylic acids is 1. The Bertz CT molecular complexity index is 1230. The quantitative estimate of drug-likeness (QED) is 0.459. The lowest BCUT2D eigenvalue weighted by atomic mass is 10.1. The van der Waals surface area contributed by atoms with Crippen LogP contribution in [0.2, 0.25) is 5.02 Å². The van der Waals surface area contributed by atoms with E-state index in [1.165, 1.54) is 0 Å². The van der Waals surface area contributed by atoms with Gasteiger partial charge in [0.15, 0.2) is 5.82 Å². The van der Waals surface area contributed by atoms with Crippen LogP contribution in [0.25, 0.3) is 17.1 Å². The number of aromatic nitrogens is 3. The Morgan fingerprint density at radius 2 is 1.67 bits per heavy atom. The largest absolute Gasteiger partial charge is 0.319 e. The minimum absolute atomic E-state index is 0.0918. The minimum Gasteiger partial charge on any atom is -0.319 e. The summed E-state index contributed by atoms with van der Waals surface area (Å²) in [6, 6.07) is 21.2. The number of carbonyl (C=O) groups is 1. The van der Waals surface area contributed by atoms with Crippen molar-refractivity contribution in [1.82, 2.24) is 14.8 Å². The summed E-state index contributed by atoms with van der Waals surface area (Å²) in [5, 5.41) is 7.99. The number of amides is 1. The Labute approximate surface area is 180 Å². The predicted octanol–water partition coefficient (Wildman–Crippen LogP) is 5.77. The van der Waals surface area contributed by atoms with E-state index in [9.17, 15) is 4.79 Å². The van der Waals surface area contributed by atoms with Gasteiger partial charge in [0.1, 0.15) is 0 Å². The van der Waals surface area contributed by atoms with Crippen molar-refractivity contribution < 1.29 is 4.79 Å². The second-order valence-corrected chi connectivity index (χ2v) is 7.68. The van der Waals surface area contributed by atoms with Crippen molar-refractivity contribution in [2.75, 3.05) is 5.32 Å². The molecule has 0 aliphatic carbocycles. The molecule has 0 saturated heterocycles. The first-order chi connectivity index (χ1) is 14.4. The van der Waals surface area contributed by atoms with E-state index < -0.39 is 0 Å². The molecule has 0 bridgehead atoms. The highest BCUT2D eigenvalue weighted by molar-refractivity contribution is 6.31. The lowest BCUT2D eigenvalue weighted by Crippen LogP contribution is -2.15. The Kier molecular flexibility index (Phi) is 5.38. The number of halogens is 1. The van der Waals surface area contributed by atoms with E-state index in [1.807, 2.05) is 75.4 Å². The van der Waals surface area contributed by atoms with Gasteiger partial charge in [0.25, 0.3) is 5.91 Å². The van der Waals surface area contributed by atoms with Crippen molar-refractivity contribution in [2.45, 2.75) is 20.8 Å². The smallest absolute Gasteiger partial charge is 0.295 e. The highest BCUT2D eigenvalue weighted by atomic mass is 35.5. The molecule has 4 rings (SSSR count). The average molecular weight is 417 g/mol. The molecule has 0 fully saturated rings. The van der Waals surface area contributed by atoms with Crippen molar-refractivity contribution in [3.8, 4) is 17.1 Å². The van der Waals surface area contributed by atoms with E-state index >= 15 is 0 Å². The van der Waals surface area contributed by atoms with Crippen molar-refractivity contribution in [3.05, 3.63) is 94.3 Å². The first-order valence-corrected chi connectivity index (χ1v) is 9.98. The lowest BCUT2D eigenvalue weighted by molar-refractivity contribution is 0.101. The van der Waals surface area contributed by atoms with Gasteiger partial charge in [-0.15, -0.1) is 5.10 Å². The number of hydrogen-bond acceptors (Lipinski definition) is 3. The Morgan fingerprint density at radius 1 is 0.933 bits per heavy atom. The third-order valence-corrected chi connectivity index (χ3v) is 5.12. The fraction of sp³-hybridized carbons (Fsp3) is 0.125. The SMILES string of the molecule is Cc1ccc(C)c(-n2nc(C(=O)Nc3cc(Cl)ccc3C)nc2-c2ccccc2)c1. The highest BCUT2D eigenvalue weighted by Gasteiger charge is 2.20. The summed E-state index contributed by atoms with van der Waals surface area (Å²) in [6.07, 6.45) is 0. The first kappa shape index (κ1) is 19.9. The van der Waals surface area contributed by atoms with Crippen LogP contribution in [0, 0.1) is 20.8 Å². The summed E-state index contributed by atoms with van der Waals surface area (Å²) in [4.78, 5) is 17.5. The van der Waals surface area contributed by atoms with Gasteiger partial charge in [-0.1, -0.05) is 60.1 Å². The highest BCUT2D eigenvalue weighted by Crippen LogP contribution is 2.25. The standard InChI is InChI=1S/C24H21ClN4O/c1-15-9-10-17(3)21(13-15)29-23(18-7-5-4-6-8-18)27-22(28-29)24(30)26-20-14-19(25)12-11-16(20)2/h4-14H,1-3H3,(H,26,30). The van der Waals surface area contributed by atoms with E-state index in [1.54, 1.807) is 16.8 Å². The maximum Gasteiger partial charge on any atom is 0.295 e. The van der Waals surface area contributed by atoms with Crippen LogP contribution in [-0.2, 0) is 0 Å². The van der Waals surface area contributed by atoms with Crippen LogP contribution in [0.4, 0.5) is 5.69 Å². The monoisotopic (exact) mass is 416 g/mol. The molecule has 1 amide bonds. The zero-order valence-electron chi connectivity index (χ0n) is 17.0. The second-order valence-electron chi connectivity index (χ2n) is 7.24. The maximum atomic E-state index is 13.0. The molecule has 6 heteroatoms. The minimum atomic E-state index is -0.387. The molecule has 1 heterocycles. The number of nitrogens with zero attached hydrogens (tertiary/aromatic N) is 3. The number of hydrogen-bond donors (Lipinski definition) is 1. The van der Waals surface area contributed by atoms with Gasteiger partial charge in [-0.2, -0.15) is 0 Å². The molecule has 4 aromatic rings. The fourth-order valence-corrected chi connectivity index (χ4v) is 3.38. The number of benzene rings is 3. The van der Waals surface area contributed by atoms with Crippen LogP contribution >= 0.6 is 11.6 Å². The summed E-state index contributed by atoms with van der Waals surface area (Å²) >= 11 is 6.08. The molecule has 0 radical (unpaired) electrons. The third kappa shape index (κ3) is 3.98. The normalized spacial score (nSPS) is 10.8. The summed E-state index contributed by atoms with van der Waals surface area (Å²) < 4.78 is 1.73. The maximum absolute atomic E-state index is 13.0. The zero-order valence-corrected chi connectivity index (χ0v) is 17.7. The Morgan fingerprint density at radius 3 is 2.43 bits per heavy atom. The van der Waals surface area contributed by atoms with E-state index in [4.69, 9.17) is 11.6 Å². The van der Waals surface area contributed by atoms with Gasteiger partial charge in [0.2, 0.25) is 5.82 Å². The van der Waals surface area contributed by atoms with Gasteiger partial charge in [-0.25, -0.2) is 9.67 Å². The third-order valence-electron chi connectivity index (χ3n) is 4.88. The summed E-state index contributed by atoms with van der Waals surface area (Å²) in [6.45, 7) is 5.95. The van der Waals surface area contributed by atoms with Gasteiger partial charge in [-0.05, 0) is 55.7 Å². The topological polar surface area (TPSA) is 59.8 Å². The van der Waals surface area contributed by atoms with Gasteiger partial charge in [0, 0.05) is 16.3 Å². The molecule has 0 saturated carbocycles. The van der Waals surface area contributed by atoms with Crippen molar-refractivity contribution in [3.63, 3.8) is 0 Å². The van der Waals surface area contributed by atoms with Crippen LogP contribution in [-0.4, -0.2) is 20.7 Å². The molecule has 1 aromatic heterocycles. The zero-order chi connectivity index (χ0) is 21.3. The van der Waals surface area contributed by atoms with Crippen molar-refractivity contribution >= 4 is 23.2 Å². The molecule has 5 nitrogen and oxygen atoms in total. The molecule has 150 valence electrons. The van der Waals surface area contributed by atoms with Crippen LogP contribution in [0.5, 0.6) is 0 Å². The fourth-order valence-electron chi connectivity index (χ4n) is 3.21. The molecule has 3 aromatic carbocycles. The summed E-state index contributed by atoms with van der Waals surface area (Å²) in [7, 11) is 0. The molecular weight excluding hydrogens is 396 g/mol. The van der Waals surface area contributed by atoms with Crippen LogP contribution in [0.3, 0.4) is 0 Å². The van der Waals surface area contributed by atoms with Crippen LogP contribution in [0.15, 0.2) is 66.7 Å². The van der Waals surface area contributed by atoms with Crippen LogP contribution in [0.1, 0.15) is 27.3 Å². The van der Waals surface area contributed by atoms with Gasteiger partial charge >= 0.3 is 0 Å². The van der Waals surface area contributed by atoms with E-state index in [0.29, 0.717) is 16.5 Å². The average Bonchev–Trinajstić information content (AvgIpc) is 3.18. The number of anilines is 1. The molecule has 0 aliphatic heterocycles. The molecule has 0 atom stereocenters. The molecule has 0 spiro atoms. The molecule has 0 aliphatic rings. The van der Waals surface area contributed by atoms with Crippen molar-refractivity contribution in [1.29, 1.82) is 0 Å². The number of aryl methyl sites for hydroxylation is 3. The Hall–Kier alpha value is -3.44. The van der Waals surface area contributed by atoms with Gasteiger partial charge in [0.05, 0.1) is 5.69 Å². The number of nitrogens with one attached hydrogen (secondary N) is 1. The van der Waals surface area contributed by atoms with E-state index in [2.05, 4.69) is 15.4 Å². The summed E-state index contributed by atoms with van der Waals surface area (Å²) in [5.74, 6) is 0.313. The van der Waals surface area contributed by atoms with E-state index in [-0.39, 0.29) is 11.7 Å². The molecular formula is C24H21ClN4O. The Balaban J connectivity index is 1.80. The molecule has 30 heavy (non-hydrogen) atoms. The van der Waals surface area contributed by atoms with E-state index in [0.717, 1.165) is 27.9 Å². The number of rotatable bonds is 4. The van der Waals surface area contributed by atoms with Crippen LogP contribution < -0.4 is 5.32 Å². The lowest BCUT2D eigenvalue weighted by Gasteiger charge is -2.10. The summed E-state index contributed by atoms with van der Waals surface area (Å²) in [5.41, 5.74) is 5.45. The molecule has 1 N–H and O–H groups in total. The van der Waals surface area contributed by atoms with Gasteiger partial charge in [-0.3, -0.25) is 4.79 Å². The van der Waals surface area contributed by atoms with Crippen molar-refractivity contribution in [2.24, 2.45) is 0 Å². The molecule has 0 unspecified atom stereocenters. The predicted molar refractivity (Wildman–Crippen MR) is 120 cm³/mol. The second kappa shape index (κ2) is 8.13.